The molecule has 0 aromatic heterocycles. The second-order valence-corrected chi connectivity index (χ2v) is 3.58. The largest absolute Gasteiger partial charge is 0.463 e. The third-order valence-corrected chi connectivity index (χ3v) is 2.61. The lowest BCUT2D eigenvalue weighted by atomic mass is 10.1. The Kier molecular flexibility index (Phi) is 2.86. The molecule has 0 spiro atoms. The van der Waals surface area contributed by atoms with E-state index in [4.69, 9.17) is 4.74 Å². The molecule has 2 rings (SSSR count). The summed E-state index contributed by atoms with van der Waals surface area (Å²) in [5.74, 6) is -0.232. The van der Waals surface area contributed by atoms with E-state index in [2.05, 4.69) is 12.1 Å². The molecule has 1 aliphatic rings. The standard InChI is InChI=1S/C13H14O2/c1-2-15-13(14)9-11-8-7-10-5-3-4-6-12(10)11/h3-6,9H,2,7-8H2,1H3. The van der Waals surface area contributed by atoms with Crippen molar-refractivity contribution in [2.75, 3.05) is 6.61 Å². The Morgan fingerprint density at radius 2 is 2.20 bits per heavy atom. The SMILES string of the molecule is CCOC(=O)C=C1CCc2ccccc21. The smallest absolute Gasteiger partial charge is 0.331 e. The van der Waals surface area contributed by atoms with Crippen molar-refractivity contribution in [1.29, 1.82) is 0 Å². The van der Waals surface area contributed by atoms with Gasteiger partial charge in [0.2, 0.25) is 0 Å². The number of esters is 1. The maximum absolute atomic E-state index is 11.3. The van der Waals surface area contributed by atoms with Crippen LogP contribution >= 0.6 is 0 Å². The van der Waals surface area contributed by atoms with Gasteiger partial charge in [0.15, 0.2) is 0 Å². The van der Waals surface area contributed by atoms with Crippen molar-refractivity contribution in [3.63, 3.8) is 0 Å². The molecule has 1 aromatic carbocycles. The Morgan fingerprint density at radius 1 is 1.40 bits per heavy atom. The molecule has 2 nitrogen and oxygen atoms in total. The fraction of sp³-hybridized carbons (Fsp3) is 0.308. The van der Waals surface area contributed by atoms with Crippen LogP contribution in [0.25, 0.3) is 5.57 Å². The van der Waals surface area contributed by atoms with Gasteiger partial charge in [-0.05, 0) is 36.5 Å². The Labute approximate surface area is 89.6 Å². The first-order valence-corrected chi connectivity index (χ1v) is 5.27. The zero-order chi connectivity index (χ0) is 10.7. The highest BCUT2D eigenvalue weighted by atomic mass is 16.5. The van der Waals surface area contributed by atoms with Crippen molar-refractivity contribution in [3.05, 3.63) is 41.5 Å². The van der Waals surface area contributed by atoms with E-state index < -0.39 is 0 Å². The van der Waals surface area contributed by atoms with Gasteiger partial charge in [-0.25, -0.2) is 4.79 Å². The molecular formula is C13H14O2. The third-order valence-electron chi connectivity index (χ3n) is 2.61. The molecule has 0 atom stereocenters. The highest BCUT2D eigenvalue weighted by Gasteiger charge is 2.16. The Balaban J connectivity index is 2.23. The number of aryl methyl sites for hydroxylation is 1. The molecule has 0 fully saturated rings. The number of carbonyl (C=O) groups excluding carboxylic acids is 1. The van der Waals surface area contributed by atoms with Gasteiger partial charge >= 0.3 is 5.97 Å². The molecule has 15 heavy (non-hydrogen) atoms. The summed E-state index contributed by atoms with van der Waals surface area (Å²) >= 11 is 0. The van der Waals surface area contributed by atoms with E-state index in [1.54, 1.807) is 6.08 Å². The van der Waals surface area contributed by atoms with Crippen LogP contribution in [0.1, 0.15) is 24.5 Å². The van der Waals surface area contributed by atoms with Crippen LogP contribution in [0.2, 0.25) is 0 Å². The highest BCUT2D eigenvalue weighted by Crippen LogP contribution is 2.31. The van der Waals surface area contributed by atoms with Gasteiger partial charge in [0.05, 0.1) is 6.61 Å². The second-order valence-electron chi connectivity index (χ2n) is 3.58. The summed E-state index contributed by atoms with van der Waals surface area (Å²) in [6.45, 7) is 2.25. The van der Waals surface area contributed by atoms with Gasteiger partial charge < -0.3 is 4.74 Å². The number of fused-ring (bicyclic) bond motifs is 1. The van der Waals surface area contributed by atoms with Crippen molar-refractivity contribution >= 4 is 11.5 Å². The summed E-state index contributed by atoms with van der Waals surface area (Å²) in [5, 5.41) is 0. The lowest BCUT2D eigenvalue weighted by molar-refractivity contribution is -0.137. The molecule has 0 radical (unpaired) electrons. The molecular weight excluding hydrogens is 188 g/mol. The van der Waals surface area contributed by atoms with Gasteiger partial charge in [-0.15, -0.1) is 0 Å². The Morgan fingerprint density at radius 3 is 3.00 bits per heavy atom. The predicted molar refractivity (Wildman–Crippen MR) is 59.4 cm³/mol. The maximum Gasteiger partial charge on any atom is 0.331 e. The van der Waals surface area contributed by atoms with Gasteiger partial charge in [0.1, 0.15) is 0 Å². The van der Waals surface area contributed by atoms with E-state index in [0.29, 0.717) is 6.61 Å². The summed E-state index contributed by atoms with van der Waals surface area (Å²) in [4.78, 5) is 11.3. The van der Waals surface area contributed by atoms with E-state index in [9.17, 15) is 4.79 Å². The predicted octanol–water partition coefficient (Wildman–Crippen LogP) is 2.58. The Hall–Kier alpha value is -1.57. The molecule has 0 unspecified atom stereocenters. The maximum atomic E-state index is 11.3. The first-order chi connectivity index (χ1) is 7.31. The lowest BCUT2D eigenvalue weighted by Crippen LogP contribution is -2.00. The van der Waals surface area contributed by atoms with Crippen LogP contribution in [0, 0.1) is 0 Å². The van der Waals surface area contributed by atoms with Gasteiger partial charge in [-0.3, -0.25) is 0 Å². The summed E-state index contributed by atoms with van der Waals surface area (Å²) in [6.07, 6.45) is 3.59. The van der Waals surface area contributed by atoms with Crippen LogP contribution in [0.4, 0.5) is 0 Å². The minimum Gasteiger partial charge on any atom is -0.463 e. The van der Waals surface area contributed by atoms with Gasteiger partial charge in [0, 0.05) is 6.08 Å². The van der Waals surface area contributed by atoms with Crippen LogP contribution in [0.3, 0.4) is 0 Å². The van der Waals surface area contributed by atoms with Crippen molar-refractivity contribution < 1.29 is 9.53 Å². The number of benzene rings is 1. The third kappa shape index (κ3) is 2.09. The number of carbonyl (C=O) groups is 1. The minimum absolute atomic E-state index is 0.232. The molecule has 0 saturated carbocycles. The summed E-state index contributed by atoms with van der Waals surface area (Å²) < 4.78 is 4.90. The van der Waals surface area contributed by atoms with Gasteiger partial charge in [0.25, 0.3) is 0 Å². The first-order valence-electron chi connectivity index (χ1n) is 5.27. The summed E-state index contributed by atoms with van der Waals surface area (Å²) in [5.41, 5.74) is 3.63. The number of hydrogen-bond donors (Lipinski definition) is 0. The monoisotopic (exact) mass is 202 g/mol. The molecule has 0 N–H and O–H groups in total. The van der Waals surface area contributed by atoms with Crippen molar-refractivity contribution in [2.45, 2.75) is 19.8 Å². The average molecular weight is 202 g/mol. The van der Waals surface area contributed by atoms with E-state index in [1.165, 1.54) is 11.1 Å². The molecule has 78 valence electrons. The number of rotatable bonds is 2. The molecule has 0 saturated heterocycles. The summed E-state index contributed by atoms with van der Waals surface area (Å²) in [7, 11) is 0. The fourth-order valence-electron chi connectivity index (χ4n) is 1.93. The van der Waals surface area contributed by atoms with E-state index in [-0.39, 0.29) is 5.97 Å². The highest BCUT2D eigenvalue weighted by molar-refractivity contribution is 5.92. The van der Waals surface area contributed by atoms with Crippen LogP contribution < -0.4 is 0 Å². The number of allylic oxidation sites excluding steroid dienone is 1. The molecule has 2 heteroatoms. The average Bonchev–Trinajstić information content (AvgIpc) is 2.62. The lowest BCUT2D eigenvalue weighted by Gasteiger charge is -2.00. The van der Waals surface area contributed by atoms with E-state index in [0.717, 1.165) is 18.4 Å². The van der Waals surface area contributed by atoms with E-state index in [1.807, 2.05) is 19.1 Å². The molecule has 1 aromatic rings. The van der Waals surface area contributed by atoms with Crippen LogP contribution in [-0.4, -0.2) is 12.6 Å². The molecule has 0 amide bonds. The fourth-order valence-corrected chi connectivity index (χ4v) is 1.93. The molecule has 1 aliphatic carbocycles. The second kappa shape index (κ2) is 4.30. The molecule has 0 heterocycles. The Bertz CT molecular complexity index is 405. The zero-order valence-corrected chi connectivity index (χ0v) is 8.82. The zero-order valence-electron chi connectivity index (χ0n) is 8.82. The first kappa shape index (κ1) is 9.97. The van der Waals surface area contributed by atoms with Gasteiger partial charge in [-0.2, -0.15) is 0 Å². The normalized spacial score (nSPS) is 16.5. The summed E-state index contributed by atoms with van der Waals surface area (Å²) in [6, 6.07) is 8.21. The number of hydrogen-bond acceptors (Lipinski definition) is 2. The van der Waals surface area contributed by atoms with Crippen LogP contribution in [-0.2, 0) is 16.0 Å². The molecule has 0 aliphatic heterocycles. The quantitative estimate of drug-likeness (QED) is 0.544. The van der Waals surface area contributed by atoms with Crippen LogP contribution in [0.15, 0.2) is 30.3 Å². The number of ether oxygens (including phenoxy) is 1. The van der Waals surface area contributed by atoms with Crippen LogP contribution in [0.5, 0.6) is 0 Å². The van der Waals surface area contributed by atoms with Crippen molar-refractivity contribution in [1.82, 2.24) is 0 Å². The van der Waals surface area contributed by atoms with E-state index >= 15 is 0 Å². The van der Waals surface area contributed by atoms with Crippen molar-refractivity contribution in [2.24, 2.45) is 0 Å². The minimum atomic E-state index is -0.232. The van der Waals surface area contributed by atoms with Crippen molar-refractivity contribution in [3.8, 4) is 0 Å². The topological polar surface area (TPSA) is 26.3 Å². The van der Waals surface area contributed by atoms with Gasteiger partial charge in [-0.1, -0.05) is 24.3 Å². The molecule has 0 bridgehead atoms.